The Kier molecular flexibility index (Phi) is 4.78. The van der Waals surface area contributed by atoms with Crippen LogP contribution in [0.1, 0.15) is 22.5 Å². The van der Waals surface area contributed by atoms with E-state index in [0.29, 0.717) is 13.1 Å². The summed E-state index contributed by atoms with van der Waals surface area (Å²) in [6.45, 7) is 0.849. The molecule has 118 valence electrons. The second-order valence-electron chi connectivity index (χ2n) is 5.46. The largest absolute Gasteiger partial charge is 0.325 e. The fourth-order valence-electron chi connectivity index (χ4n) is 2.64. The molecule has 0 saturated heterocycles. The molecule has 0 atom stereocenters. The summed E-state index contributed by atoms with van der Waals surface area (Å²) in [4.78, 5) is 0. The second-order valence-corrected chi connectivity index (χ2v) is 5.46. The van der Waals surface area contributed by atoms with Crippen LogP contribution in [-0.2, 0) is 25.9 Å². The standard InChI is InChI=1S/C18H19FN4/c19-16-8-4-7-15(11-16)13-23-18(17(12-20)21-22-23)10-9-14-5-2-1-3-6-14/h1-8,11H,9-10,12-13,20H2. The van der Waals surface area contributed by atoms with E-state index in [4.69, 9.17) is 5.73 Å². The molecular formula is C18H19FN4. The maximum Gasteiger partial charge on any atom is 0.123 e. The Labute approximate surface area is 134 Å². The Bertz CT molecular complexity index is 768. The van der Waals surface area contributed by atoms with E-state index in [1.165, 1.54) is 17.7 Å². The lowest BCUT2D eigenvalue weighted by molar-refractivity contribution is 0.600. The van der Waals surface area contributed by atoms with Gasteiger partial charge in [0.05, 0.1) is 17.9 Å². The van der Waals surface area contributed by atoms with Crippen molar-refractivity contribution in [3.05, 3.63) is 82.9 Å². The predicted molar refractivity (Wildman–Crippen MR) is 87.3 cm³/mol. The van der Waals surface area contributed by atoms with Crippen LogP contribution in [0.2, 0.25) is 0 Å². The Hall–Kier alpha value is -2.53. The Balaban J connectivity index is 1.79. The Morgan fingerprint density at radius 2 is 1.74 bits per heavy atom. The summed E-state index contributed by atoms with van der Waals surface area (Å²) in [6, 6.07) is 16.8. The molecule has 0 bridgehead atoms. The van der Waals surface area contributed by atoms with Crippen molar-refractivity contribution in [2.75, 3.05) is 0 Å². The summed E-state index contributed by atoms with van der Waals surface area (Å²) in [5.41, 5.74) is 9.71. The van der Waals surface area contributed by atoms with Gasteiger partial charge in [0.25, 0.3) is 0 Å². The molecule has 5 heteroatoms. The van der Waals surface area contributed by atoms with Gasteiger partial charge in [0.15, 0.2) is 0 Å². The molecule has 2 aromatic carbocycles. The van der Waals surface area contributed by atoms with E-state index in [2.05, 4.69) is 22.4 Å². The molecule has 0 amide bonds. The van der Waals surface area contributed by atoms with E-state index in [-0.39, 0.29) is 5.82 Å². The predicted octanol–water partition coefficient (Wildman–Crippen LogP) is 2.71. The third kappa shape index (κ3) is 3.81. The minimum atomic E-state index is -0.243. The van der Waals surface area contributed by atoms with Gasteiger partial charge in [-0.3, -0.25) is 0 Å². The zero-order valence-electron chi connectivity index (χ0n) is 12.8. The van der Waals surface area contributed by atoms with E-state index in [1.807, 2.05) is 28.9 Å². The van der Waals surface area contributed by atoms with E-state index in [9.17, 15) is 4.39 Å². The van der Waals surface area contributed by atoms with Gasteiger partial charge in [-0.15, -0.1) is 5.10 Å². The highest BCUT2D eigenvalue weighted by atomic mass is 19.1. The molecule has 0 spiro atoms. The molecule has 3 rings (SSSR count). The van der Waals surface area contributed by atoms with Gasteiger partial charge in [-0.25, -0.2) is 9.07 Å². The first-order valence-electron chi connectivity index (χ1n) is 7.66. The molecular weight excluding hydrogens is 291 g/mol. The summed E-state index contributed by atoms with van der Waals surface area (Å²) in [5, 5.41) is 8.35. The Morgan fingerprint density at radius 3 is 2.48 bits per heavy atom. The molecule has 0 aliphatic carbocycles. The van der Waals surface area contributed by atoms with Crippen LogP contribution in [0, 0.1) is 5.82 Å². The van der Waals surface area contributed by atoms with Crippen LogP contribution in [0.5, 0.6) is 0 Å². The molecule has 0 saturated carbocycles. The average Bonchev–Trinajstić information content (AvgIpc) is 2.95. The third-order valence-electron chi connectivity index (χ3n) is 3.83. The quantitative estimate of drug-likeness (QED) is 0.761. The highest BCUT2D eigenvalue weighted by molar-refractivity contribution is 5.21. The molecule has 1 aromatic heterocycles. The van der Waals surface area contributed by atoms with Crippen molar-refractivity contribution in [3.8, 4) is 0 Å². The van der Waals surface area contributed by atoms with Gasteiger partial charge in [-0.05, 0) is 36.1 Å². The van der Waals surface area contributed by atoms with Crippen molar-refractivity contribution in [1.29, 1.82) is 0 Å². The van der Waals surface area contributed by atoms with Crippen LogP contribution >= 0.6 is 0 Å². The summed E-state index contributed by atoms with van der Waals surface area (Å²) < 4.78 is 15.2. The lowest BCUT2D eigenvalue weighted by atomic mass is 10.1. The topological polar surface area (TPSA) is 56.7 Å². The first-order valence-corrected chi connectivity index (χ1v) is 7.66. The third-order valence-corrected chi connectivity index (χ3v) is 3.83. The summed E-state index contributed by atoms with van der Waals surface area (Å²) >= 11 is 0. The maximum absolute atomic E-state index is 13.3. The lowest BCUT2D eigenvalue weighted by Crippen LogP contribution is -2.10. The molecule has 23 heavy (non-hydrogen) atoms. The SMILES string of the molecule is NCc1nnn(Cc2cccc(F)c2)c1CCc1ccccc1. The number of nitrogens with two attached hydrogens (primary N) is 1. The fraction of sp³-hybridized carbons (Fsp3) is 0.222. The van der Waals surface area contributed by atoms with Crippen molar-refractivity contribution in [2.24, 2.45) is 5.73 Å². The molecule has 4 nitrogen and oxygen atoms in total. The molecule has 0 radical (unpaired) electrons. The number of hydrogen-bond donors (Lipinski definition) is 1. The van der Waals surface area contributed by atoms with Gasteiger partial charge in [0, 0.05) is 6.54 Å². The molecule has 0 unspecified atom stereocenters. The number of halogens is 1. The van der Waals surface area contributed by atoms with Gasteiger partial charge in [-0.2, -0.15) is 0 Å². The fourth-order valence-corrected chi connectivity index (χ4v) is 2.64. The van der Waals surface area contributed by atoms with Crippen LogP contribution < -0.4 is 5.73 Å². The molecule has 2 N–H and O–H groups in total. The molecule has 3 aromatic rings. The van der Waals surface area contributed by atoms with E-state index in [0.717, 1.165) is 29.8 Å². The van der Waals surface area contributed by atoms with Crippen LogP contribution in [0.15, 0.2) is 54.6 Å². The van der Waals surface area contributed by atoms with Gasteiger partial charge < -0.3 is 5.73 Å². The van der Waals surface area contributed by atoms with E-state index in [1.54, 1.807) is 6.07 Å². The highest BCUT2D eigenvalue weighted by Crippen LogP contribution is 2.13. The van der Waals surface area contributed by atoms with Gasteiger partial charge >= 0.3 is 0 Å². The van der Waals surface area contributed by atoms with Crippen LogP contribution in [0.3, 0.4) is 0 Å². The van der Waals surface area contributed by atoms with Crippen LogP contribution in [0.4, 0.5) is 4.39 Å². The van der Waals surface area contributed by atoms with Gasteiger partial charge in [0.2, 0.25) is 0 Å². The molecule has 0 aliphatic heterocycles. The van der Waals surface area contributed by atoms with Crippen molar-refractivity contribution < 1.29 is 4.39 Å². The molecule has 0 fully saturated rings. The zero-order chi connectivity index (χ0) is 16.1. The van der Waals surface area contributed by atoms with Crippen LogP contribution in [-0.4, -0.2) is 15.0 Å². The lowest BCUT2D eigenvalue weighted by Gasteiger charge is -2.08. The number of rotatable bonds is 6. The number of aromatic nitrogens is 3. The average molecular weight is 310 g/mol. The van der Waals surface area contributed by atoms with E-state index >= 15 is 0 Å². The maximum atomic E-state index is 13.3. The number of aryl methyl sites for hydroxylation is 1. The van der Waals surface area contributed by atoms with Crippen molar-refractivity contribution in [2.45, 2.75) is 25.9 Å². The molecule has 0 aliphatic rings. The normalized spacial score (nSPS) is 10.9. The first kappa shape index (κ1) is 15.4. The first-order chi connectivity index (χ1) is 11.3. The van der Waals surface area contributed by atoms with Crippen molar-refractivity contribution in [1.82, 2.24) is 15.0 Å². The minimum absolute atomic E-state index is 0.243. The zero-order valence-corrected chi connectivity index (χ0v) is 12.8. The van der Waals surface area contributed by atoms with Crippen molar-refractivity contribution >= 4 is 0 Å². The van der Waals surface area contributed by atoms with Crippen molar-refractivity contribution in [3.63, 3.8) is 0 Å². The summed E-state index contributed by atoms with van der Waals surface area (Å²) in [6.07, 6.45) is 1.70. The molecule has 1 heterocycles. The van der Waals surface area contributed by atoms with Gasteiger partial charge in [0.1, 0.15) is 5.82 Å². The van der Waals surface area contributed by atoms with Gasteiger partial charge in [-0.1, -0.05) is 47.7 Å². The summed E-state index contributed by atoms with van der Waals surface area (Å²) in [7, 11) is 0. The monoisotopic (exact) mass is 310 g/mol. The highest BCUT2D eigenvalue weighted by Gasteiger charge is 2.12. The number of nitrogens with zero attached hydrogens (tertiary/aromatic N) is 3. The number of hydrogen-bond acceptors (Lipinski definition) is 3. The van der Waals surface area contributed by atoms with E-state index < -0.39 is 0 Å². The smallest absolute Gasteiger partial charge is 0.123 e. The van der Waals surface area contributed by atoms with Crippen LogP contribution in [0.25, 0.3) is 0 Å². The Morgan fingerprint density at radius 1 is 0.957 bits per heavy atom. The number of benzene rings is 2. The summed E-state index contributed by atoms with van der Waals surface area (Å²) in [5.74, 6) is -0.243. The minimum Gasteiger partial charge on any atom is -0.325 e. The second kappa shape index (κ2) is 7.15.